The summed E-state index contributed by atoms with van der Waals surface area (Å²) in [7, 11) is 0. The first-order valence-corrected chi connectivity index (χ1v) is 6.51. The molecule has 0 aromatic heterocycles. The fourth-order valence-electron chi connectivity index (χ4n) is 1.95. The van der Waals surface area contributed by atoms with Gasteiger partial charge < -0.3 is 0 Å². The van der Waals surface area contributed by atoms with Crippen LogP contribution in [0.15, 0.2) is 46.5 Å². The lowest BCUT2D eigenvalue weighted by atomic mass is 10.1. The van der Waals surface area contributed by atoms with E-state index >= 15 is 0 Å². The molecule has 0 radical (unpaired) electrons. The molecule has 0 heterocycles. The SMILES string of the molecule is Cc1ccc2ccc(N=CC(N=N)C(C)C)cc2c1. The Balaban J connectivity index is 2.30. The summed E-state index contributed by atoms with van der Waals surface area (Å²) < 4.78 is 0. The minimum atomic E-state index is -0.145. The Morgan fingerprint density at radius 1 is 1.05 bits per heavy atom. The Morgan fingerprint density at radius 2 is 1.79 bits per heavy atom. The van der Waals surface area contributed by atoms with E-state index in [4.69, 9.17) is 5.53 Å². The third-order valence-corrected chi connectivity index (χ3v) is 3.19. The molecule has 0 saturated heterocycles. The molecule has 0 spiro atoms. The van der Waals surface area contributed by atoms with E-state index in [1.165, 1.54) is 16.3 Å². The van der Waals surface area contributed by atoms with Crippen molar-refractivity contribution in [2.45, 2.75) is 26.8 Å². The van der Waals surface area contributed by atoms with Crippen LogP contribution in [-0.2, 0) is 0 Å². The van der Waals surface area contributed by atoms with Gasteiger partial charge in [-0.25, -0.2) is 5.53 Å². The maximum absolute atomic E-state index is 7.15. The quantitative estimate of drug-likeness (QED) is 0.594. The smallest absolute Gasteiger partial charge is 0.108 e. The number of aliphatic imine (C=N–C) groups is 1. The van der Waals surface area contributed by atoms with E-state index in [0.29, 0.717) is 5.92 Å². The highest BCUT2D eigenvalue weighted by molar-refractivity contribution is 5.86. The lowest BCUT2D eigenvalue weighted by Gasteiger charge is -2.08. The Labute approximate surface area is 113 Å². The molecular weight excluding hydrogens is 234 g/mol. The van der Waals surface area contributed by atoms with Crippen LogP contribution >= 0.6 is 0 Å². The molecule has 0 aliphatic carbocycles. The van der Waals surface area contributed by atoms with Gasteiger partial charge in [-0.1, -0.05) is 43.7 Å². The number of benzene rings is 2. The number of fused-ring (bicyclic) bond motifs is 1. The van der Waals surface area contributed by atoms with Crippen molar-refractivity contribution < 1.29 is 0 Å². The van der Waals surface area contributed by atoms with E-state index in [-0.39, 0.29) is 6.04 Å². The molecule has 2 rings (SSSR count). The third-order valence-electron chi connectivity index (χ3n) is 3.19. The fraction of sp³-hybridized carbons (Fsp3) is 0.312. The molecule has 0 bridgehead atoms. The topological polar surface area (TPSA) is 48.6 Å². The van der Waals surface area contributed by atoms with Gasteiger partial charge in [0.1, 0.15) is 6.04 Å². The Hall–Kier alpha value is -2.03. The number of nitrogens with zero attached hydrogens (tertiary/aromatic N) is 2. The predicted molar refractivity (Wildman–Crippen MR) is 80.6 cm³/mol. The van der Waals surface area contributed by atoms with Crippen LogP contribution in [0.4, 0.5) is 5.69 Å². The van der Waals surface area contributed by atoms with Gasteiger partial charge >= 0.3 is 0 Å². The van der Waals surface area contributed by atoms with Crippen LogP contribution in [0.3, 0.4) is 0 Å². The molecule has 0 amide bonds. The van der Waals surface area contributed by atoms with Gasteiger partial charge in [0.2, 0.25) is 0 Å². The zero-order chi connectivity index (χ0) is 13.8. The normalized spacial score (nSPS) is 13.3. The molecule has 3 heteroatoms. The van der Waals surface area contributed by atoms with Crippen LogP contribution < -0.4 is 0 Å². The highest BCUT2D eigenvalue weighted by atomic mass is 15.0. The molecule has 3 nitrogen and oxygen atoms in total. The minimum Gasteiger partial charge on any atom is -0.259 e. The first-order chi connectivity index (χ1) is 9.10. The number of rotatable bonds is 4. The van der Waals surface area contributed by atoms with E-state index in [9.17, 15) is 0 Å². The van der Waals surface area contributed by atoms with Crippen molar-refractivity contribution in [2.75, 3.05) is 0 Å². The van der Waals surface area contributed by atoms with Gasteiger partial charge in [0.05, 0.1) is 5.69 Å². The van der Waals surface area contributed by atoms with Crippen LogP contribution in [0.25, 0.3) is 10.8 Å². The van der Waals surface area contributed by atoms with Gasteiger partial charge in [-0.15, -0.1) is 0 Å². The first-order valence-electron chi connectivity index (χ1n) is 6.51. The molecular formula is C16H19N3. The van der Waals surface area contributed by atoms with Gasteiger partial charge in [0.25, 0.3) is 0 Å². The summed E-state index contributed by atoms with van der Waals surface area (Å²) in [5.41, 5.74) is 9.30. The van der Waals surface area contributed by atoms with E-state index in [1.807, 2.05) is 19.9 Å². The van der Waals surface area contributed by atoms with Crippen LogP contribution in [0, 0.1) is 18.4 Å². The Bertz CT molecular complexity index is 614. The van der Waals surface area contributed by atoms with E-state index < -0.39 is 0 Å². The second-order valence-electron chi connectivity index (χ2n) is 5.18. The van der Waals surface area contributed by atoms with Crippen molar-refractivity contribution in [3.63, 3.8) is 0 Å². The lowest BCUT2D eigenvalue weighted by Crippen LogP contribution is -2.13. The first kappa shape index (κ1) is 13.4. The monoisotopic (exact) mass is 253 g/mol. The van der Waals surface area contributed by atoms with E-state index in [0.717, 1.165) is 5.69 Å². The maximum Gasteiger partial charge on any atom is 0.108 e. The van der Waals surface area contributed by atoms with Gasteiger partial charge in [-0.2, -0.15) is 5.11 Å². The molecule has 0 saturated carbocycles. The van der Waals surface area contributed by atoms with Crippen LogP contribution in [0.5, 0.6) is 0 Å². The summed E-state index contributed by atoms with van der Waals surface area (Å²) in [5, 5.41) is 5.99. The van der Waals surface area contributed by atoms with Gasteiger partial charge in [-0.05, 0) is 35.7 Å². The van der Waals surface area contributed by atoms with Crippen molar-refractivity contribution in [2.24, 2.45) is 16.0 Å². The van der Waals surface area contributed by atoms with Crippen LogP contribution in [0.1, 0.15) is 19.4 Å². The molecule has 0 aliphatic heterocycles. The molecule has 1 N–H and O–H groups in total. The number of hydrogen-bond acceptors (Lipinski definition) is 3. The number of aryl methyl sites for hydroxylation is 1. The summed E-state index contributed by atoms with van der Waals surface area (Å²) in [5.74, 6) is 0.295. The van der Waals surface area contributed by atoms with Crippen LogP contribution in [-0.4, -0.2) is 12.3 Å². The van der Waals surface area contributed by atoms with Gasteiger partial charge in [-0.3, -0.25) is 4.99 Å². The second-order valence-corrected chi connectivity index (χ2v) is 5.18. The third kappa shape index (κ3) is 3.25. The highest BCUT2D eigenvalue weighted by Gasteiger charge is 2.07. The standard InChI is InChI=1S/C16H19N3/c1-11(2)16(19-17)10-18-15-7-6-13-5-4-12(3)8-14(13)9-15/h4-11,16-17H,1-3H3. The predicted octanol–water partition coefficient (Wildman–Crippen LogP) is 4.91. The second kappa shape index (κ2) is 5.74. The van der Waals surface area contributed by atoms with Crippen molar-refractivity contribution in [1.82, 2.24) is 0 Å². The van der Waals surface area contributed by atoms with Crippen molar-refractivity contribution in [3.8, 4) is 0 Å². The average Bonchev–Trinajstić information content (AvgIpc) is 2.38. The summed E-state index contributed by atoms with van der Waals surface area (Å²) in [4.78, 5) is 4.44. The molecule has 1 unspecified atom stereocenters. The van der Waals surface area contributed by atoms with Crippen molar-refractivity contribution in [1.29, 1.82) is 5.53 Å². The van der Waals surface area contributed by atoms with Crippen LogP contribution in [0.2, 0.25) is 0 Å². The Morgan fingerprint density at radius 3 is 2.47 bits per heavy atom. The number of hydrogen-bond donors (Lipinski definition) is 1. The zero-order valence-corrected chi connectivity index (χ0v) is 11.6. The fourth-order valence-corrected chi connectivity index (χ4v) is 1.95. The molecule has 2 aromatic rings. The average molecular weight is 253 g/mol. The number of nitrogens with one attached hydrogen (secondary N) is 1. The lowest BCUT2D eigenvalue weighted by molar-refractivity contribution is 0.575. The van der Waals surface area contributed by atoms with Crippen molar-refractivity contribution >= 4 is 22.7 Å². The molecule has 0 fully saturated rings. The van der Waals surface area contributed by atoms with Crippen molar-refractivity contribution in [3.05, 3.63) is 42.0 Å². The molecule has 1 atom stereocenters. The maximum atomic E-state index is 7.15. The summed E-state index contributed by atoms with van der Waals surface area (Å²) >= 11 is 0. The highest BCUT2D eigenvalue weighted by Crippen LogP contribution is 2.22. The van der Waals surface area contributed by atoms with Gasteiger partial charge in [0, 0.05) is 6.21 Å². The summed E-state index contributed by atoms with van der Waals surface area (Å²) in [6, 6.07) is 12.4. The zero-order valence-electron chi connectivity index (χ0n) is 11.6. The summed E-state index contributed by atoms with van der Waals surface area (Å²) in [6.45, 7) is 6.17. The summed E-state index contributed by atoms with van der Waals surface area (Å²) in [6.07, 6.45) is 1.76. The van der Waals surface area contributed by atoms with E-state index in [2.05, 4.69) is 47.4 Å². The van der Waals surface area contributed by atoms with E-state index in [1.54, 1.807) is 6.21 Å². The molecule has 0 aliphatic rings. The molecule has 19 heavy (non-hydrogen) atoms. The molecule has 2 aromatic carbocycles. The molecule has 98 valence electrons. The minimum absolute atomic E-state index is 0.145. The van der Waals surface area contributed by atoms with Gasteiger partial charge in [0.15, 0.2) is 0 Å². The largest absolute Gasteiger partial charge is 0.259 e. The Kier molecular flexibility index (Phi) is 4.05.